The highest BCUT2D eigenvalue weighted by atomic mass is 16.5. The number of rotatable bonds is 5. The Hall–Kier alpha value is -3.28. The lowest BCUT2D eigenvalue weighted by molar-refractivity contribution is -0.277. The molecule has 22 heavy (non-hydrogen) atoms. The molecular weight excluding hydrogens is 288 g/mol. The molecule has 0 aliphatic heterocycles. The van der Waals surface area contributed by atoms with E-state index in [9.17, 15) is 19.8 Å². The van der Waals surface area contributed by atoms with Crippen LogP contribution < -0.4 is 14.9 Å². The van der Waals surface area contributed by atoms with Gasteiger partial charge in [-0.25, -0.2) is 4.79 Å². The molecule has 0 aromatic heterocycles. The van der Waals surface area contributed by atoms with Crippen LogP contribution in [0.3, 0.4) is 0 Å². The minimum Gasteiger partial charge on any atom is -0.870 e. The number of carboxylic acids is 2. The number of para-hydroxylation sites is 1. The molecular formula is C16H10O6-2. The molecule has 2 aromatic rings. The van der Waals surface area contributed by atoms with E-state index in [0.717, 1.165) is 6.07 Å². The van der Waals surface area contributed by atoms with Crippen molar-refractivity contribution in [3.63, 3.8) is 0 Å². The largest absolute Gasteiger partial charge is 0.870 e. The zero-order valence-electron chi connectivity index (χ0n) is 11.2. The second-order valence-corrected chi connectivity index (χ2v) is 4.25. The minimum atomic E-state index is -1.65. The molecule has 0 aliphatic carbocycles. The van der Waals surface area contributed by atoms with Crippen LogP contribution in [0.15, 0.2) is 54.3 Å². The molecule has 0 spiro atoms. The van der Waals surface area contributed by atoms with Gasteiger partial charge in [-0.05, 0) is 23.3 Å². The standard InChI is InChI=1S/C16H12O6/c17-14-11(15(18)19)7-4-8-12(14)22-13(16(20)21)9-10-5-2-1-3-6-10/h1-9,17H,(H,18,19)(H,20,21)/p-2/b13-9+. The van der Waals surface area contributed by atoms with Crippen molar-refractivity contribution in [1.82, 2.24) is 0 Å². The molecule has 6 heteroatoms. The fourth-order valence-electron chi connectivity index (χ4n) is 1.71. The van der Waals surface area contributed by atoms with Gasteiger partial charge >= 0.3 is 5.97 Å². The van der Waals surface area contributed by atoms with Crippen LogP contribution >= 0.6 is 0 Å². The van der Waals surface area contributed by atoms with Gasteiger partial charge in [-0.1, -0.05) is 48.2 Å². The lowest BCUT2D eigenvalue weighted by atomic mass is 10.2. The van der Waals surface area contributed by atoms with E-state index < -0.39 is 34.8 Å². The second kappa shape index (κ2) is 6.45. The minimum absolute atomic E-state index is 0.397. The molecule has 0 saturated carbocycles. The van der Waals surface area contributed by atoms with E-state index in [0.29, 0.717) is 5.56 Å². The van der Waals surface area contributed by atoms with Crippen LogP contribution in [0.4, 0.5) is 0 Å². The topological polar surface area (TPSA) is 110 Å². The van der Waals surface area contributed by atoms with Gasteiger partial charge < -0.3 is 24.9 Å². The first kappa shape index (κ1) is 15.1. The first-order valence-corrected chi connectivity index (χ1v) is 6.18. The summed E-state index contributed by atoms with van der Waals surface area (Å²) in [5.74, 6) is -4.88. The molecule has 0 bridgehead atoms. The van der Waals surface area contributed by atoms with Gasteiger partial charge in [0.05, 0.1) is 5.97 Å². The van der Waals surface area contributed by atoms with Crippen molar-refractivity contribution >= 4 is 18.0 Å². The highest BCUT2D eigenvalue weighted by Gasteiger charge is 2.12. The maximum Gasteiger partial charge on any atom is 0.371 e. The summed E-state index contributed by atoms with van der Waals surface area (Å²) < 4.78 is 5.06. The van der Waals surface area contributed by atoms with Gasteiger partial charge in [-0.3, -0.25) is 0 Å². The summed E-state index contributed by atoms with van der Waals surface area (Å²) in [7, 11) is 0. The molecule has 0 unspecified atom stereocenters. The maximum atomic E-state index is 11.9. The smallest absolute Gasteiger partial charge is 0.371 e. The number of carbonyl (C=O) groups is 2. The third kappa shape index (κ3) is 3.43. The fourth-order valence-corrected chi connectivity index (χ4v) is 1.71. The van der Waals surface area contributed by atoms with Crippen molar-refractivity contribution in [2.75, 3.05) is 0 Å². The number of aliphatic carboxylic acids is 1. The zero-order valence-corrected chi connectivity index (χ0v) is 11.2. The monoisotopic (exact) mass is 298 g/mol. The normalized spacial score (nSPS) is 11.0. The molecule has 1 N–H and O–H groups in total. The zero-order chi connectivity index (χ0) is 16.1. The van der Waals surface area contributed by atoms with Crippen molar-refractivity contribution in [3.8, 4) is 11.5 Å². The summed E-state index contributed by atoms with van der Waals surface area (Å²) in [5, 5.41) is 31.8. The summed E-state index contributed by atoms with van der Waals surface area (Å²) in [6, 6.07) is 12.0. The Morgan fingerprint density at radius 1 is 1.05 bits per heavy atom. The van der Waals surface area contributed by atoms with E-state index in [1.807, 2.05) is 0 Å². The van der Waals surface area contributed by atoms with Crippen molar-refractivity contribution in [2.24, 2.45) is 0 Å². The molecule has 0 radical (unpaired) electrons. The Kier molecular flexibility index (Phi) is 4.43. The molecule has 6 nitrogen and oxygen atoms in total. The number of hydrogen-bond acceptors (Lipinski definition) is 5. The van der Waals surface area contributed by atoms with Gasteiger partial charge in [0.2, 0.25) is 5.76 Å². The predicted molar refractivity (Wildman–Crippen MR) is 72.9 cm³/mol. The van der Waals surface area contributed by atoms with Crippen LogP contribution in [0, 0.1) is 0 Å². The lowest BCUT2D eigenvalue weighted by Gasteiger charge is -2.19. The molecule has 0 atom stereocenters. The number of carbonyl (C=O) groups excluding carboxylic acids is 1. The van der Waals surface area contributed by atoms with Gasteiger partial charge in [-0.15, -0.1) is 0 Å². The maximum absolute atomic E-state index is 11.9. The molecule has 0 saturated heterocycles. The van der Waals surface area contributed by atoms with E-state index in [2.05, 4.69) is 0 Å². The van der Waals surface area contributed by atoms with Crippen molar-refractivity contribution in [3.05, 3.63) is 65.4 Å². The van der Waals surface area contributed by atoms with Gasteiger partial charge in [0.15, 0.2) is 0 Å². The van der Waals surface area contributed by atoms with E-state index in [1.165, 1.54) is 18.2 Å². The van der Waals surface area contributed by atoms with E-state index in [-0.39, 0.29) is 0 Å². The fraction of sp³-hybridized carbons (Fsp3) is 0. The van der Waals surface area contributed by atoms with Crippen LogP contribution in [0.25, 0.3) is 6.08 Å². The molecule has 2 aromatic carbocycles. The number of benzene rings is 2. The Bertz CT molecular complexity index is 734. The van der Waals surface area contributed by atoms with E-state index in [1.54, 1.807) is 30.3 Å². The Balaban J connectivity index is 2.38. The van der Waals surface area contributed by atoms with E-state index >= 15 is 0 Å². The van der Waals surface area contributed by atoms with E-state index in [4.69, 9.17) is 9.84 Å². The molecule has 0 fully saturated rings. The summed E-state index contributed by atoms with van der Waals surface area (Å²) in [6.45, 7) is 0. The Morgan fingerprint density at radius 2 is 1.73 bits per heavy atom. The molecule has 2 rings (SSSR count). The Morgan fingerprint density at radius 3 is 2.32 bits per heavy atom. The first-order valence-electron chi connectivity index (χ1n) is 6.18. The number of aromatic carboxylic acids is 1. The van der Waals surface area contributed by atoms with Crippen molar-refractivity contribution in [1.29, 1.82) is 0 Å². The summed E-state index contributed by atoms with van der Waals surface area (Å²) in [6.07, 6.45) is 1.23. The SMILES string of the molecule is O=C(O)/C(=C\c1ccccc1)Oc1cccc(C(=O)[O-])c1[O-]. The number of carboxylic acid groups (broad SMARTS) is 2. The Labute approximate surface area is 125 Å². The highest BCUT2D eigenvalue weighted by molar-refractivity contribution is 5.92. The number of hydrogen-bond donors (Lipinski definition) is 1. The second-order valence-electron chi connectivity index (χ2n) is 4.25. The van der Waals surface area contributed by atoms with Crippen LogP contribution in [0.1, 0.15) is 15.9 Å². The van der Waals surface area contributed by atoms with Gasteiger partial charge in [0, 0.05) is 0 Å². The number of ether oxygens (including phenoxy) is 1. The molecule has 0 heterocycles. The lowest BCUT2D eigenvalue weighted by Crippen LogP contribution is -2.24. The van der Waals surface area contributed by atoms with Gasteiger partial charge in [0.25, 0.3) is 0 Å². The quantitative estimate of drug-likeness (QED) is 0.640. The average molecular weight is 298 g/mol. The van der Waals surface area contributed by atoms with Crippen LogP contribution in [0.5, 0.6) is 11.5 Å². The van der Waals surface area contributed by atoms with Gasteiger partial charge in [0.1, 0.15) is 5.75 Å². The summed E-state index contributed by atoms with van der Waals surface area (Å²) >= 11 is 0. The van der Waals surface area contributed by atoms with Crippen LogP contribution in [0.2, 0.25) is 0 Å². The van der Waals surface area contributed by atoms with Crippen LogP contribution in [-0.4, -0.2) is 17.0 Å². The third-order valence-electron chi connectivity index (χ3n) is 2.73. The average Bonchev–Trinajstić information content (AvgIpc) is 2.49. The summed E-state index contributed by atoms with van der Waals surface area (Å²) in [5.41, 5.74) is -0.0367. The highest BCUT2D eigenvalue weighted by Crippen LogP contribution is 2.28. The summed E-state index contributed by atoms with van der Waals surface area (Å²) in [4.78, 5) is 22.0. The van der Waals surface area contributed by atoms with Gasteiger partial charge in [-0.2, -0.15) is 0 Å². The van der Waals surface area contributed by atoms with Crippen molar-refractivity contribution < 1.29 is 29.6 Å². The van der Waals surface area contributed by atoms with Crippen LogP contribution in [-0.2, 0) is 4.79 Å². The molecule has 0 amide bonds. The molecule has 112 valence electrons. The molecule has 0 aliphatic rings. The predicted octanol–water partition coefficient (Wildman–Crippen LogP) is 0.628. The van der Waals surface area contributed by atoms with Crippen molar-refractivity contribution in [2.45, 2.75) is 0 Å². The first-order chi connectivity index (χ1) is 10.5. The third-order valence-corrected chi connectivity index (χ3v) is 2.73.